The number of hydrogen-bond acceptors (Lipinski definition) is 5. The standard InChI is InChI=1S/C13H13N5O/c1-8-11(9(2)19)12(10-4-3-5-14-6-10)18-13(17-8)15-7-16-18/h3-7,12H,1-2H3,(H,15,16,17)/t12-/m1/s1. The zero-order chi connectivity index (χ0) is 13.4. The molecule has 96 valence electrons. The van der Waals surface area contributed by atoms with Gasteiger partial charge in [-0.1, -0.05) is 6.07 Å². The fourth-order valence-electron chi connectivity index (χ4n) is 2.39. The fourth-order valence-corrected chi connectivity index (χ4v) is 2.39. The van der Waals surface area contributed by atoms with Gasteiger partial charge in [-0.3, -0.25) is 9.78 Å². The molecule has 2 aromatic heterocycles. The lowest BCUT2D eigenvalue weighted by Gasteiger charge is -2.27. The van der Waals surface area contributed by atoms with Crippen molar-refractivity contribution in [3.63, 3.8) is 0 Å². The van der Waals surface area contributed by atoms with Crippen LogP contribution in [0.2, 0.25) is 0 Å². The highest BCUT2D eigenvalue weighted by Gasteiger charge is 2.31. The van der Waals surface area contributed by atoms with Gasteiger partial charge in [0.25, 0.3) is 0 Å². The van der Waals surface area contributed by atoms with Crippen LogP contribution in [-0.4, -0.2) is 25.5 Å². The Bertz CT molecular complexity index is 659. The number of pyridine rings is 1. The molecule has 0 bridgehead atoms. The summed E-state index contributed by atoms with van der Waals surface area (Å²) < 4.78 is 1.71. The molecular formula is C13H13N5O. The number of carbonyl (C=O) groups is 1. The molecule has 1 N–H and O–H groups in total. The number of Topliss-reactive ketones (excluding diaryl/α,β-unsaturated/α-hetero) is 1. The molecule has 0 saturated heterocycles. The molecule has 0 unspecified atom stereocenters. The number of aromatic nitrogens is 4. The zero-order valence-corrected chi connectivity index (χ0v) is 10.7. The van der Waals surface area contributed by atoms with E-state index in [2.05, 4.69) is 20.4 Å². The van der Waals surface area contributed by atoms with E-state index in [1.807, 2.05) is 19.1 Å². The monoisotopic (exact) mass is 255 g/mol. The molecule has 0 saturated carbocycles. The van der Waals surface area contributed by atoms with E-state index >= 15 is 0 Å². The van der Waals surface area contributed by atoms with Crippen molar-refractivity contribution >= 4 is 11.7 Å². The van der Waals surface area contributed by atoms with E-state index in [1.165, 1.54) is 6.33 Å². The van der Waals surface area contributed by atoms with Crippen LogP contribution in [0, 0.1) is 0 Å². The summed E-state index contributed by atoms with van der Waals surface area (Å²) in [7, 11) is 0. The Labute approximate surface area is 110 Å². The first kappa shape index (κ1) is 11.6. The first-order chi connectivity index (χ1) is 9.18. The van der Waals surface area contributed by atoms with Gasteiger partial charge in [0.05, 0.1) is 0 Å². The van der Waals surface area contributed by atoms with Crippen LogP contribution in [0.5, 0.6) is 0 Å². The first-order valence-corrected chi connectivity index (χ1v) is 5.96. The number of allylic oxidation sites excluding steroid dienone is 2. The number of fused-ring (bicyclic) bond motifs is 1. The van der Waals surface area contributed by atoms with E-state index in [1.54, 1.807) is 24.0 Å². The van der Waals surface area contributed by atoms with Crippen LogP contribution in [0.4, 0.5) is 5.95 Å². The van der Waals surface area contributed by atoms with Crippen LogP contribution in [0.3, 0.4) is 0 Å². The van der Waals surface area contributed by atoms with Crippen molar-refractivity contribution in [1.82, 2.24) is 19.7 Å². The molecule has 1 atom stereocenters. The lowest BCUT2D eigenvalue weighted by Crippen LogP contribution is -2.27. The van der Waals surface area contributed by atoms with Crippen molar-refractivity contribution in [3.05, 3.63) is 47.7 Å². The normalized spacial score (nSPS) is 17.9. The summed E-state index contributed by atoms with van der Waals surface area (Å²) in [4.78, 5) is 20.2. The number of nitrogens with one attached hydrogen (secondary N) is 1. The van der Waals surface area contributed by atoms with E-state index in [9.17, 15) is 4.79 Å². The third-order valence-electron chi connectivity index (χ3n) is 3.17. The molecule has 6 heteroatoms. The molecule has 3 rings (SSSR count). The van der Waals surface area contributed by atoms with Gasteiger partial charge in [-0.05, 0) is 25.5 Å². The van der Waals surface area contributed by atoms with Gasteiger partial charge in [-0.25, -0.2) is 4.68 Å². The maximum absolute atomic E-state index is 11.9. The Hall–Kier alpha value is -2.50. The second-order valence-electron chi connectivity index (χ2n) is 4.44. The minimum atomic E-state index is -0.273. The Kier molecular flexibility index (Phi) is 2.63. The average molecular weight is 255 g/mol. The molecular weight excluding hydrogens is 242 g/mol. The molecule has 1 aliphatic heterocycles. The van der Waals surface area contributed by atoms with Crippen molar-refractivity contribution in [2.24, 2.45) is 0 Å². The lowest BCUT2D eigenvalue weighted by molar-refractivity contribution is -0.114. The fraction of sp³-hybridized carbons (Fsp3) is 0.231. The predicted octanol–water partition coefficient (Wildman–Crippen LogP) is 1.55. The molecule has 19 heavy (non-hydrogen) atoms. The van der Waals surface area contributed by atoms with Crippen molar-refractivity contribution in [2.45, 2.75) is 19.9 Å². The van der Waals surface area contributed by atoms with E-state index in [4.69, 9.17) is 0 Å². The highest BCUT2D eigenvalue weighted by molar-refractivity contribution is 5.96. The molecule has 0 amide bonds. The molecule has 0 aromatic carbocycles. The first-order valence-electron chi connectivity index (χ1n) is 5.96. The molecule has 0 aliphatic carbocycles. The minimum absolute atomic E-state index is 0.0139. The predicted molar refractivity (Wildman–Crippen MR) is 69.4 cm³/mol. The van der Waals surface area contributed by atoms with Crippen LogP contribution >= 0.6 is 0 Å². The maximum Gasteiger partial charge on any atom is 0.226 e. The summed E-state index contributed by atoms with van der Waals surface area (Å²) >= 11 is 0. The van der Waals surface area contributed by atoms with Gasteiger partial charge < -0.3 is 5.32 Å². The van der Waals surface area contributed by atoms with Crippen molar-refractivity contribution < 1.29 is 4.79 Å². The van der Waals surface area contributed by atoms with E-state index in [0.29, 0.717) is 11.5 Å². The van der Waals surface area contributed by atoms with Gasteiger partial charge in [0.15, 0.2) is 5.78 Å². The third-order valence-corrected chi connectivity index (χ3v) is 3.17. The molecule has 0 spiro atoms. The van der Waals surface area contributed by atoms with Crippen LogP contribution in [0.25, 0.3) is 0 Å². The summed E-state index contributed by atoms with van der Waals surface area (Å²) in [5, 5.41) is 7.31. The number of rotatable bonds is 2. The van der Waals surface area contributed by atoms with Gasteiger partial charge in [0.1, 0.15) is 12.4 Å². The molecule has 1 aliphatic rings. The number of nitrogens with zero attached hydrogens (tertiary/aromatic N) is 4. The maximum atomic E-state index is 11.9. The summed E-state index contributed by atoms with van der Waals surface area (Å²) in [6.45, 7) is 3.43. The summed E-state index contributed by atoms with van der Waals surface area (Å²) in [5.74, 6) is 0.649. The Morgan fingerprint density at radius 3 is 3.00 bits per heavy atom. The quantitative estimate of drug-likeness (QED) is 0.881. The molecule has 0 fully saturated rings. The highest BCUT2D eigenvalue weighted by Crippen LogP contribution is 2.34. The van der Waals surface area contributed by atoms with Crippen molar-refractivity contribution in [3.8, 4) is 0 Å². The van der Waals surface area contributed by atoms with Crippen LogP contribution in [0.1, 0.15) is 25.5 Å². The number of hydrogen-bond donors (Lipinski definition) is 1. The molecule has 2 aromatic rings. The van der Waals surface area contributed by atoms with Gasteiger partial charge in [-0.2, -0.15) is 10.1 Å². The third kappa shape index (κ3) is 1.81. The Balaban J connectivity index is 2.21. The second-order valence-corrected chi connectivity index (χ2v) is 4.44. The van der Waals surface area contributed by atoms with E-state index in [0.717, 1.165) is 11.3 Å². The van der Waals surface area contributed by atoms with Crippen LogP contribution in [0.15, 0.2) is 42.1 Å². The van der Waals surface area contributed by atoms with E-state index < -0.39 is 0 Å². The summed E-state index contributed by atoms with van der Waals surface area (Å²) in [6, 6.07) is 3.51. The Morgan fingerprint density at radius 2 is 2.32 bits per heavy atom. The summed E-state index contributed by atoms with van der Waals surface area (Å²) in [6.07, 6.45) is 4.93. The van der Waals surface area contributed by atoms with Crippen molar-refractivity contribution in [2.75, 3.05) is 5.32 Å². The van der Waals surface area contributed by atoms with Gasteiger partial charge >= 0.3 is 0 Å². The summed E-state index contributed by atoms with van der Waals surface area (Å²) in [5.41, 5.74) is 2.41. The molecule has 3 heterocycles. The topological polar surface area (TPSA) is 72.7 Å². The van der Waals surface area contributed by atoms with Gasteiger partial charge in [0, 0.05) is 23.7 Å². The van der Waals surface area contributed by atoms with E-state index in [-0.39, 0.29) is 11.8 Å². The molecule has 6 nitrogen and oxygen atoms in total. The zero-order valence-electron chi connectivity index (χ0n) is 10.7. The highest BCUT2D eigenvalue weighted by atomic mass is 16.1. The Morgan fingerprint density at radius 1 is 1.47 bits per heavy atom. The average Bonchev–Trinajstić information content (AvgIpc) is 2.85. The number of ketones is 1. The lowest BCUT2D eigenvalue weighted by atomic mass is 9.94. The van der Waals surface area contributed by atoms with Gasteiger partial charge in [-0.15, -0.1) is 0 Å². The number of carbonyl (C=O) groups excluding carboxylic acids is 1. The van der Waals surface area contributed by atoms with Crippen LogP contribution < -0.4 is 5.32 Å². The second kappa shape index (κ2) is 4.31. The smallest absolute Gasteiger partial charge is 0.226 e. The number of anilines is 1. The molecule has 0 radical (unpaired) electrons. The SMILES string of the molecule is CC(=O)C1=C(C)Nc2ncnn2[C@@H]1c1cccnc1. The van der Waals surface area contributed by atoms with Gasteiger partial charge in [0.2, 0.25) is 5.95 Å². The van der Waals surface area contributed by atoms with Crippen LogP contribution in [-0.2, 0) is 4.79 Å². The minimum Gasteiger partial charge on any atom is -0.328 e. The largest absolute Gasteiger partial charge is 0.328 e. The van der Waals surface area contributed by atoms with Crippen molar-refractivity contribution in [1.29, 1.82) is 0 Å².